The molecule has 4 heteroatoms. The van der Waals surface area contributed by atoms with Crippen LogP contribution in [0.2, 0.25) is 0 Å². The monoisotopic (exact) mass is 276 g/mol. The molecule has 3 nitrogen and oxygen atoms in total. The second kappa shape index (κ2) is 4.89. The van der Waals surface area contributed by atoms with Gasteiger partial charge in [0.05, 0.1) is 5.52 Å². The molecule has 0 saturated heterocycles. The van der Waals surface area contributed by atoms with Crippen LogP contribution in [0.5, 0.6) is 0 Å². The Kier molecular flexibility index (Phi) is 3.23. The Labute approximate surface area is 117 Å². The molecule has 1 aromatic heterocycles. The standard InChI is InChI=1S/C15H17ClN2O/c1-9-5-6-12-11-4-2-3-10(8-17-13(19)7-16)15(11)18-14(9)12/h2-4,9,18H,5-8H2,1H3,(H,17,19). The zero-order valence-electron chi connectivity index (χ0n) is 10.9. The first-order valence-corrected chi connectivity index (χ1v) is 7.19. The van der Waals surface area contributed by atoms with E-state index in [4.69, 9.17) is 11.6 Å². The van der Waals surface area contributed by atoms with Crippen molar-refractivity contribution in [3.63, 3.8) is 0 Å². The third-order valence-electron chi connectivity index (χ3n) is 3.98. The number of carbonyl (C=O) groups is 1. The molecule has 1 unspecified atom stereocenters. The number of H-pyrrole nitrogens is 1. The third-order valence-corrected chi connectivity index (χ3v) is 4.22. The van der Waals surface area contributed by atoms with E-state index in [1.54, 1.807) is 0 Å². The van der Waals surface area contributed by atoms with Crippen molar-refractivity contribution in [2.24, 2.45) is 0 Å². The second-order valence-corrected chi connectivity index (χ2v) is 5.47. The Morgan fingerprint density at radius 2 is 2.37 bits per heavy atom. The molecule has 19 heavy (non-hydrogen) atoms. The maximum atomic E-state index is 11.3. The fourth-order valence-electron chi connectivity index (χ4n) is 2.94. The molecular weight excluding hydrogens is 260 g/mol. The Balaban J connectivity index is 1.98. The van der Waals surface area contributed by atoms with E-state index in [-0.39, 0.29) is 11.8 Å². The summed E-state index contributed by atoms with van der Waals surface area (Å²) in [6.45, 7) is 2.78. The van der Waals surface area contributed by atoms with Gasteiger partial charge < -0.3 is 10.3 Å². The molecule has 0 fully saturated rings. The fourth-order valence-corrected chi connectivity index (χ4v) is 3.03. The number of halogens is 1. The number of rotatable bonds is 3. The predicted molar refractivity (Wildman–Crippen MR) is 77.6 cm³/mol. The number of hydrogen-bond acceptors (Lipinski definition) is 1. The summed E-state index contributed by atoms with van der Waals surface area (Å²) in [6, 6.07) is 6.27. The molecule has 0 saturated carbocycles. The number of alkyl halides is 1. The van der Waals surface area contributed by atoms with E-state index in [1.165, 1.54) is 23.1 Å². The number of hydrogen-bond donors (Lipinski definition) is 2. The molecule has 1 amide bonds. The Bertz CT molecular complexity index is 632. The van der Waals surface area contributed by atoms with Gasteiger partial charge in [-0.3, -0.25) is 4.79 Å². The first-order chi connectivity index (χ1) is 9.20. The van der Waals surface area contributed by atoms with Gasteiger partial charge in [-0.05, 0) is 29.9 Å². The van der Waals surface area contributed by atoms with E-state index in [9.17, 15) is 4.79 Å². The van der Waals surface area contributed by atoms with Gasteiger partial charge in [-0.15, -0.1) is 11.6 Å². The average Bonchev–Trinajstić information content (AvgIpc) is 2.97. The van der Waals surface area contributed by atoms with Crippen LogP contribution in [0.25, 0.3) is 10.9 Å². The highest BCUT2D eigenvalue weighted by Gasteiger charge is 2.23. The molecule has 1 aliphatic rings. The van der Waals surface area contributed by atoms with Crippen molar-refractivity contribution < 1.29 is 4.79 Å². The summed E-state index contributed by atoms with van der Waals surface area (Å²) < 4.78 is 0. The fraction of sp³-hybridized carbons (Fsp3) is 0.400. The number of aromatic nitrogens is 1. The lowest BCUT2D eigenvalue weighted by atomic mass is 10.1. The molecule has 0 bridgehead atoms. The number of benzene rings is 1. The van der Waals surface area contributed by atoms with Crippen molar-refractivity contribution in [2.45, 2.75) is 32.2 Å². The first-order valence-electron chi connectivity index (χ1n) is 6.65. The molecule has 1 aromatic carbocycles. The number of para-hydroxylation sites is 1. The van der Waals surface area contributed by atoms with Gasteiger partial charge in [0, 0.05) is 17.6 Å². The van der Waals surface area contributed by atoms with Crippen molar-refractivity contribution in [1.29, 1.82) is 0 Å². The summed E-state index contributed by atoms with van der Waals surface area (Å²) in [6.07, 6.45) is 2.37. The quantitative estimate of drug-likeness (QED) is 0.832. The van der Waals surface area contributed by atoms with E-state index < -0.39 is 0 Å². The molecule has 0 radical (unpaired) electrons. The number of carbonyl (C=O) groups excluding carboxylic acids is 1. The van der Waals surface area contributed by atoms with Crippen LogP contribution in [-0.2, 0) is 17.8 Å². The second-order valence-electron chi connectivity index (χ2n) is 5.21. The van der Waals surface area contributed by atoms with Crippen LogP contribution < -0.4 is 5.32 Å². The van der Waals surface area contributed by atoms with Crippen LogP contribution in [0.3, 0.4) is 0 Å². The van der Waals surface area contributed by atoms with E-state index in [1.807, 2.05) is 6.07 Å². The van der Waals surface area contributed by atoms with Gasteiger partial charge in [0.15, 0.2) is 0 Å². The maximum Gasteiger partial charge on any atom is 0.235 e. The first kappa shape index (κ1) is 12.5. The van der Waals surface area contributed by atoms with Crippen molar-refractivity contribution in [2.75, 3.05) is 5.88 Å². The number of amides is 1. The molecule has 100 valence electrons. The highest BCUT2D eigenvalue weighted by molar-refractivity contribution is 6.27. The van der Waals surface area contributed by atoms with Crippen LogP contribution in [0, 0.1) is 0 Å². The Morgan fingerprint density at radius 3 is 3.16 bits per heavy atom. The highest BCUT2D eigenvalue weighted by atomic mass is 35.5. The molecule has 1 atom stereocenters. The minimum absolute atomic E-state index is 0.00817. The average molecular weight is 277 g/mol. The number of fused-ring (bicyclic) bond motifs is 3. The minimum atomic E-state index is -0.133. The van der Waals surface area contributed by atoms with Gasteiger partial charge in [0.1, 0.15) is 5.88 Å². The molecule has 0 aliphatic heterocycles. The number of aromatic amines is 1. The lowest BCUT2D eigenvalue weighted by Gasteiger charge is -2.06. The lowest BCUT2D eigenvalue weighted by molar-refractivity contribution is -0.118. The van der Waals surface area contributed by atoms with E-state index in [0.717, 1.165) is 17.5 Å². The van der Waals surface area contributed by atoms with Crippen molar-refractivity contribution in [3.05, 3.63) is 35.0 Å². The Hall–Kier alpha value is -1.48. The van der Waals surface area contributed by atoms with Gasteiger partial charge in [-0.25, -0.2) is 0 Å². The van der Waals surface area contributed by atoms with Gasteiger partial charge in [-0.2, -0.15) is 0 Å². The normalized spacial score (nSPS) is 17.7. The van der Waals surface area contributed by atoms with Crippen LogP contribution in [0.15, 0.2) is 18.2 Å². The van der Waals surface area contributed by atoms with E-state index >= 15 is 0 Å². The molecule has 2 aromatic rings. The summed E-state index contributed by atoms with van der Waals surface area (Å²) in [5.41, 5.74) is 5.10. The van der Waals surface area contributed by atoms with Crippen LogP contribution in [0.1, 0.15) is 36.1 Å². The van der Waals surface area contributed by atoms with Crippen LogP contribution in [-0.4, -0.2) is 16.8 Å². The third kappa shape index (κ3) is 2.12. The van der Waals surface area contributed by atoms with E-state index in [2.05, 4.69) is 29.4 Å². The summed E-state index contributed by atoms with van der Waals surface area (Å²) in [4.78, 5) is 14.8. The molecule has 3 rings (SSSR count). The Morgan fingerprint density at radius 1 is 1.53 bits per heavy atom. The van der Waals surface area contributed by atoms with Crippen LogP contribution in [0.4, 0.5) is 0 Å². The lowest BCUT2D eigenvalue weighted by Crippen LogP contribution is -2.23. The topological polar surface area (TPSA) is 44.9 Å². The maximum absolute atomic E-state index is 11.3. The molecule has 1 aliphatic carbocycles. The van der Waals surface area contributed by atoms with Gasteiger partial charge in [0.25, 0.3) is 0 Å². The van der Waals surface area contributed by atoms with Gasteiger partial charge >= 0.3 is 0 Å². The summed E-state index contributed by atoms with van der Waals surface area (Å²) in [5, 5.41) is 4.13. The highest BCUT2D eigenvalue weighted by Crippen LogP contribution is 2.37. The zero-order valence-corrected chi connectivity index (χ0v) is 11.7. The van der Waals surface area contributed by atoms with Gasteiger partial charge in [-0.1, -0.05) is 25.1 Å². The molecular formula is C15H17ClN2O. The smallest absolute Gasteiger partial charge is 0.235 e. The minimum Gasteiger partial charge on any atom is -0.358 e. The van der Waals surface area contributed by atoms with Crippen LogP contribution >= 0.6 is 11.6 Å². The molecule has 1 heterocycles. The zero-order chi connectivity index (χ0) is 13.4. The number of nitrogens with one attached hydrogen (secondary N) is 2. The largest absolute Gasteiger partial charge is 0.358 e. The van der Waals surface area contributed by atoms with Crippen molar-refractivity contribution in [3.8, 4) is 0 Å². The van der Waals surface area contributed by atoms with E-state index in [0.29, 0.717) is 12.5 Å². The van der Waals surface area contributed by atoms with Crippen molar-refractivity contribution in [1.82, 2.24) is 10.3 Å². The van der Waals surface area contributed by atoms with Crippen molar-refractivity contribution >= 4 is 28.4 Å². The SMILES string of the molecule is CC1CCc2c1[nH]c1c(CNC(=O)CCl)cccc21. The summed E-state index contributed by atoms with van der Waals surface area (Å²) >= 11 is 5.50. The summed E-state index contributed by atoms with van der Waals surface area (Å²) in [7, 11) is 0. The summed E-state index contributed by atoms with van der Waals surface area (Å²) in [5.74, 6) is 0.479. The number of aryl methyl sites for hydroxylation is 1. The van der Waals surface area contributed by atoms with Gasteiger partial charge in [0.2, 0.25) is 5.91 Å². The predicted octanol–water partition coefficient (Wildman–Crippen LogP) is 3.07. The molecule has 2 N–H and O–H groups in total. The molecule has 0 spiro atoms.